The van der Waals surface area contributed by atoms with Crippen molar-refractivity contribution in [2.75, 3.05) is 13.2 Å². The lowest BCUT2D eigenvalue weighted by atomic mass is 10.1. The highest BCUT2D eigenvalue weighted by Crippen LogP contribution is 2.23. The number of hydrogen-bond donors (Lipinski definition) is 0. The molecule has 0 aromatic heterocycles. The molecule has 3 aromatic carbocycles. The Morgan fingerprint density at radius 1 is 0.500 bits per heavy atom. The van der Waals surface area contributed by atoms with Gasteiger partial charge in [0.15, 0.2) is 0 Å². The van der Waals surface area contributed by atoms with Crippen LogP contribution in [-0.4, -0.2) is 13.2 Å². The number of benzene rings is 3. The van der Waals surface area contributed by atoms with Crippen molar-refractivity contribution >= 4 is 0 Å². The van der Waals surface area contributed by atoms with Gasteiger partial charge in [0.25, 0.3) is 0 Å². The van der Waals surface area contributed by atoms with Gasteiger partial charge in [0.05, 0.1) is 0 Å². The first-order chi connectivity index (χ1) is 10.9. The van der Waals surface area contributed by atoms with Gasteiger partial charge in [-0.05, 0) is 35.4 Å². The van der Waals surface area contributed by atoms with E-state index in [2.05, 4.69) is 24.3 Å². The van der Waals surface area contributed by atoms with Crippen LogP contribution in [0.4, 0.5) is 0 Å². The number of ether oxygens (including phenoxy) is 2. The standard InChI is InChI=1S/C20H18O2/c1-3-8-17(9-4-1)18-10-7-13-20(16-18)22-15-14-21-19-11-5-2-6-12-19/h1-13,16H,14-15H2. The molecular formula is C20H18O2. The van der Waals surface area contributed by atoms with Crippen molar-refractivity contribution in [3.8, 4) is 22.6 Å². The SMILES string of the molecule is c1ccc(OCCOc2cccc(-c3ccccc3)c2)cc1. The van der Waals surface area contributed by atoms with Crippen LogP contribution in [0.1, 0.15) is 0 Å². The number of rotatable bonds is 6. The van der Waals surface area contributed by atoms with Crippen LogP contribution in [0.25, 0.3) is 11.1 Å². The molecular weight excluding hydrogens is 272 g/mol. The van der Waals surface area contributed by atoms with Gasteiger partial charge in [-0.1, -0.05) is 60.7 Å². The van der Waals surface area contributed by atoms with Gasteiger partial charge in [-0.25, -0.2) is 0 Å². The summed E-state index contributed by atoms with van der Waals surface area (Å²) in [6, 6.07) is 28.2. The van der Waals surface area contributed by atoms with E-state index in [-0.39, 0.29) is 0 Å². The lowest BCUT2D eigenvalue weighted by Gasteiger charge is -2.09. The van der Waals surface area contributed by atoms with Crippen molar-refractivity contribution in [2.45, 2.75) is 0 Å². The maximum absolute atomic E-state index is 5.76. The monoisotopic (exact) mass is 290 g/mol. The first-order valence-corrected chi connectivity index (χ1v) is 7.38. The van der Waals surface area contributed by atoms with Gasteiger partial charge in [0.1, 0.15) is 24.7 Å². The van der Waals surface area contributed by atoms with Gasteiger partial charge < -0.3 is 9.47 Å². The molecule has 3 aromatic rings. The van der Waals surface area contributed by atoms with Crippen LogP contribution in [0.15, 0.2) is 84.9 Å². The minimum Gasteiger partial charge on any atom is -0.490 e. The van der Waals surface area contributed by atoms with Gasteiger partial charge in [-0.3, -0.25) is 0 Å². The molecule has 0 aliphatic heterocycles. The minimum absolute atomic E-state index is 0.521. The summed E-state index contributed by atoms with van der Waals surface area (Å²) in [5.74, 6) is 1.72. The highest BCUT2D eigenvalue weighted by atomic mass is 16.5. The van der Waals surface area contributed by atoms with Gasteiger partial charge in [-0.2, -0.15) is 0 Å². The average Bonchev–Trinajstić information content (AvgIpc) is 2.61. The van der Waals surface area contributed by atoms with Gasteiger partial charge in [0, 0.05) is 0 Å². The van der Waals surface area contributed by atoms with E-state index >= 15 is 0 Å². The third-order valence-corrected chi connectivity index (χ3v) is 3.31. The first-order valence-electron chi connectivity index (χ1n) is 7.38. The predicted octanol–water partition coefficient (Wildman–Crippen LogP) is 4.81. The van der Waals surface area contributed by atoms with E-state index in [0.717, 1.165) is 17.1 Å². The van der Waals surface area contributed by atoms with Crippen molar-refractivity contribution in [2.24, 2.45) is 0 Å². The van der Waals surface area contributed by atoms with Crippen LogP contribution in [0.5, 0.6) is 11.5 Å². The van der Waals surface area contributed by atoms with Gasteiger partial charge >= 0.3 is 0 Å². The summed E-state index contributed by atoms with van der Waals surface area (Å²) in [4.78, 5) is 0. The first kappa shape index (κ1) is 14.2. The minimum atomic E-state index is 0.521. The summed E-state index contributed by atoms with van der Waals surface area (Å²) in [6.45, 7) is 1.05. The molecule has 0 saturated carbocycles. The predicted molar refractivity (Wildman–Crippen MR) is 89.3 cm³/mol. The van der Waals surface area contributed by atoms with Crippen molar-refractivity contribution in [3.63, 3.8) is 0 Å². The Morgan fingerprint density at radius 2 is 1.05 bits per heavy atom. The molecule has 0 N–H and O–H groups in total. The molecule has 110 valence electrons. The summed E-state index contributed by atoms with van der Waals surface area (Å²) in [7, 11) is 0. The van der Waals surface area contributed by atoms with Crippen LogP contribution < -0.4 is 9.47 Å². The van der Waals surface area contributed by atoms with E-state index in [9.17, 15) is 0 Å². The van der Waals surface area contributed by atoms with Crippen LogP contribution >= 0.6 is 0 Å². The quantitative estimate of drug-likeness (QED) is 0.606. The molecule has 0 aliphatic carbocycles. The Balaban J connectivity index is 1.55. The molecule has 0 bridgehead atoms. The normalized spacial score (nSPS) is 10.2. The maximum Gasteiger partial charge on any atom is 0.122 e. The summed E-state index contributed by atoms with van der Waals surface area (Å²) in [6.07, 6.45) is 0. The zero-order valence-electron chi connectivity index (χ0n) is 12.3. The molecule has 0 atom stereocenters. The van der Waals surface area contributed by atoms with Crippen LogP contribution in [0.3, 0.4) is 0 Å². The fourth-order valence-corrected chi connectivity index (χ4v) is 2.23. The zero-order chi connectivity index (χ0) is 15.0. The molecule has 2 heteroatoms. The highest BCUT2D eigenvalue weighted by Gasteiger charge is 2.00. The third kappa shape index (κ3) is 3.89. The van der Waals surface area contributed by atoms with Crippen molar-refractivity contribution in [1.82, 2.24) is 0 Å². The third-order valence-electron chi connectivity index (χ3n) is 3.31. The Kier molecular flexibility index (Phi) is 4.73. The largest absolute Gasteiger partial charge is 0.490 e. The number of para-hydroxylation sites is 1. The van der Waals surface area contributed by atoms with E-state index in [1.807, 2.05) is 60.7 Å². The molecule has 0 amide bonds. The molecule has 0 radical (unpaired) electrons. The van der Waals surface area contributed by atoms with Crippen LogP contribution in [0, 0.1) is 0 Å². The Hall–Kier alpha value is -2.74. The van der Waals surface area contributed by atoms with E-state index in [4.69, 9.17) is 9.47 Å². The molecule has 0 saturated heterocycles. The molecule has 0 spiro atoms. The maximum atomic E-state index is 5.76. The second-order valence-electron chi connectivity index (χ2n) is 4.90. The van der Waals surface area contributed by atoms with Crippen LogP contribution in [0.2, 0.25) is 0 Å². The van der Waals surface area contributed by atoms with E-state index < -0.39 is 0 Å². The number of hydrogen-bond acceptors (Lipinski definition) is 2. The second-order valence-corrected chi connectivity index (χ2v) is 4.90. The Bertz CT molecular complexity index is 693. The average molecular weight is 290 g/mol. The van der Waals surface area contributed by atoms with Crippen molar-refractivity contribution in [1.29, 1.82) is 0 Å². The van der Waals surface area contributed by atoms with E-state index in [1.54, 1.807) is 0 Å². The summed E-state index contributed by atoms with van der Waals surface area (Å²) in [5, 5.41) is 0. The molecule has 0 fully saturated rings. The highest BCUT2D eigenvalue weighted by molar-refractivity contribution is 5.64. The smallest absolute Gasteiger partial charge is 0.122 e. The van der Waals surface area contributed by atoms with E-state index in [1.165, 1.54) is 5.56 Å². The van der Waals surface area contributed by atoms with Crippen molar-refractivity contribution < 1.29 is 9.47 Å². The zero-order valence-corrected chi connectivity index (χ0v) is 12.3. The van der Waals surface area contributed by atoms with Crippen molar-refractivity contribution in [3.05, 3.63) is 84.9 Å². The van der Waals surface area contributed by atoms with Gasteiger partial charge in [0.2, 0.25) is 0 Å². The fraction of sp³-hybridized carbons (Fsp3) is 0.100. The lowest BCUT2D eigenvalue weighted by Crippen LogP contribution is -2.08. The van der Waals surface area contributed by atoms with Crippen LogP contribution in [-0.2, 0) is 0 Å². The molecule has 0 heterocycles. The topological polar surface area (TPSA) is 18.5 Å². The summed E-state index contributed by atoms with van der Waals surface area (Å²) in [5.41, 5.74) is 2.34. The molecule has 22 heavy (non-hydrogen) atoms. The molecule has 0 unspecified atom stereocenters. The fourth-order valence-electron chi connectivity index (χ4n) is 2.23. The lowest BCUT2D eigenvalue weighted by molar-refractivity contribution is 0.217. The van der Waals surface area contributed by atoms with Gasteiger partial charge in [-0.15, -0.1) is 0 Å². The summed E-state index contributed by atoms with van der Waals surface area (Å²) < 4.78 is 11.4. The molecule has 0 aliphatic rings. The Morgan fingerprint density at radius 3 is 1.77 bits per heavy atom. The summed E-state index contributed by atoms with van der Waals surface area (Å²) >= 11 is 0. The second kappa shape index (κ2) is 7.32. The Labute approximate surface area is 131 Å². The molecule has 2 nitrogen and oxygen atoms in total. The molecule has 3 rings (SSSR count). The van der Waals surface area contributed by atoms with E-state index in [0.29, 0.717) is 13.2 Å².